The summed E-state index contributed by atoms with van der Waals surface area (Å²) in [4.78, 5) is 7.65. The molecule has 31 heavy (non-hydrogen) atoms. The molecule has 3 aromatic rings. The Labute approximate surface area is 198 Å². The van der Waals surface area contributed by atoms with Crippen LogP contribution >= 0.6 is 39.5 Å². The largest absolute Gasteiger partial charge is 0.494 e. The summed E-state index contributed by atoms with van der Waals surface area (Å²) < 4.78 is 32.3. The number of benzene rings is 1. The average Bonchev–Trinajstić information content (AvgIpc) is 3.30. The van der Waals surface area contributed by atoms with Crippen molar-refractivity contribution in [1.29, 1.82) is 0 Å². The van der Waals surface area contributed by atoms with Crippen molar-refractivity contribution in [2.75, 3.05) is 23.0 Å². The maximum Gasteiger partial charge on any atom is 0.229 e. The van der Waals surface area contributed by atoms with E-state index >= 15 is 0 Å². The number of hydrogen-bond acceptors (Lipinski definition) is 6. The van der Waals surface area contributed by atoms with E-state index < -0.39 is 10.0 Å². The molecule has 0 bridgehead atoms. The highest BCUT2D eigenvalue weighted by Gasteiger charge is 2.41. The first-order valence-corrected chi connectivity index (χ1v) is 13.1. The van der Waals surface area contributed by atoms with Crippen LogP contribution in [0.5, 0.6) is 5.75 Å². The van der Waals surface area contributed by atoms with E-state index in [2.05, 4.69) is 37.0 Å². The van der Waals surface area contributed by atoms with E-state index in [1.165, 1.54) is 7.11 Å². The topological polar surface area (TPSA) is 83.6 Å². The van der Waals surface area contributed by atoms with Crippen LogP contribution < -0.4 is 19.7 Å². The Morgan fingerprint density at radius 1 is 1.29 bits per heavy atom. The Kier molecular flexibility index (Phi) is 6.20. The zero-order chi connectivity index (χ0) is 22.2. The van der Waals surface area contributed by atoms with Gasteiger partial charge < -0.3 is 15.0 Å². The van der Waals surface area contributed by atoms with Gasteiger partial charge in [-0.2, -0.15) is 0 Å². The molecule has 2 N–H and O–H groups in total. The van der Waals surface area contributed by atoms with Gasteiger partial charge in [0.1, 0.15) is 5.75 Å². The van der Waals surface area contributed by atoms with E-state index in [1.54, 1.807) is 29.7 Å². The highest BCUT2D eigenvalue weighted by molar-refractivity contribution is 9.10. The predicted octanol–water partition coefficient (Wildman–Crippen LogP) is 4.46. The Morgan fingerprint density at radius 3 is 2.71 bits per heavy atom. The molecule has 162 valence electrons. The monoisotopic (exact) mass is 538 g/mol. The smallest absolute Gasteiger partial charge is 0.229 e. The molecule has 11 heteroatoms. The zero-order valence-corrected chi connectivity index (χ0v) is 20.6. The first-order chi connectivity index (χ1) is 14.8. The van der Waals surface area contributed by atoms with Gasteiger partial charge in [-0.25, -0.2) is 8.42 Å². The fraction of sp³-hybridized carbons (Fsp3) is 0.200. The van der Waals surface area contributed by atoms with Crippen molar-refractivity contribution >= 4 is 66.0 Å². The number of methoxy groups -OCH3 is 1. The molecule has 0 radical (unpaired) electrons. The molecule has 1 aliphatic heterocycles. The maximum absolute atomic E-state index is 11.7. The molecule has 0 spiro atoms. The molecule has 0 amide bonds. The van der Waals surface area contributed by atoms with Gasteiger partial charge in [0, 0.05) is 32.7 Å². The van der Waals surface area contributed by atoms with Crippen LogP contribution in [0.25, 0.3) is 0 Å². The number of hydrogen-bond donors (Lipinski definition) is 2. The molecule has 2 unspecified atom stereocenters. The minimum atomic E-state index is -3.44. The molecule has 1 aliphatic rings. The van der Waals surface area contributed by atoms with Crippen LogP contribution in [0.15, 0.2) is 58.5 Å². The van der Waals surface area contributed by atoms with Crippen LogP contribution in [0, 0.1) is 0 Å². The fourth-order valence-electron chi connectivity index (χ4n) is 3.52. The van der Waals surface area contributed by atoms with E-state index in [0.717, 1.165) is 27.0 Å². The summed E-state index contributed by atoms with van der Waals surface area (Å²) in [5, 5.41) is 5.98. The lowest BCUT2D eigenvalue weighted by Gasteiger charge is -2.27. The quantitative estimate of drug-likeness (QED) is 0.448. The van der Waals surface area contributed by atoms with Gasteiger partial charge in [-0.15, -0.1) is 11.3 Å². The van der Waals surface area contributed by atoms with Gasteiger partial charge in [0.15, 0.2) is 5.11 Å². The number of pyridine rings is 1. The summed E-state index contributed by atoms with van der Waals surface area (Å²) in [7, 11) is -1.94. The number of sulfonamides is 1. The van der Waals surface area contributed by atoms with Crippen molar-refractivity contribution < 1.29 is 13.2 Å². The molecule has 1 fully saturated rings. The molecular weight excluding hydrogens is 520 g/mol. The first kappa shape index (κ1) is 22.0. The van der Waals surface area contributed by atoms with E-state index in [4.69, 9.17) is 17.0 Å². The van der Waals surface area contributed by atoms with Gasteiger partial charge in [0.2, 0.25) is 10.0 Å². The Morgan fingerprint density at radius 2 is 2.10 bits per heavy atom. The second kappa shape index (κ2) is 8.73. The number of nitrogens with one attached hydrogen (secondary N) is 2. The fourth-order valence-corrected chi connectivity index (χ4v) is 6.00. The lowest BCUT2D eigenvalue weighted by Crippen LogP contribution is -2.29. The number of rotatable bonds is 6. The third-order valence-electron chi connectivity index (χ3n) is 4.74. The summed E-state index contributed by atoms with van der Waals surface area (Å²) in [6.07, 6.45) is 2.86. The van der Waals surface area contributed by atoms with E-state index in [-0.39, 0.29) is 12.1 Å². The van der Waals surface area contributed by atoms with Crippen LogP contribution in [-0.4, -0.2) is 31.9 Å². The van der Waals surface area contributed by atoms with E-state index in [1.807, 2.05) is 34.5 Å². The van der Waals surface area contributed by atoms with Gasteiger partial charge in [-0.05, 0) is 58.5 Å². The van der Waals surface area contributed by atoms with Gasteiger partial charge >= 0.3 is 0 Å². The number of thiophene rings is 1. The molecule has 1 aromatic carbocycles. The third kappa shape index (κ3) is 4.69. The number of halogens is 1. The molecule has 0 saturated carbocycles. The molecule has 0 aliphatic carbocycles. The maximum atomic E-state index is 11.7. The summed E-state index contributed by atoms with van der Waals surface area (Å²) in [6, 6.07) is 12.8. The highest BCUT2D eigenvalue weighted by atomic mass is 79.9. The Bertz CT molecular complexity index is 1220. The number of anilines is 2. The molecule has 4 rings (SSSR count). The van der Waals surface area contributed by atoms with Gasteiger partial charge in [0.25, 0.3) is 0 Å². The molecule has 3 heterocycles. The minimum absolute atomic E-state index is 0.142. The van der Waals surface area contributed by atoms with Crippen LogP contribution in [0.1, 0.15) is 22.7 Å². The Hall–Kier alpha value is -2.21. The summed E-state index contributed by atoms with van der Waals surface area (Å²) in [6.45, 7) is 0. The van der Waals surface area contributed by atoms with Gasteiger partial charge in [0.05, 0.1) is 36.8 Å². The summed E-state index contributed by atoms with van der Waals surface area (Å²) >= 11 is 10.9. The van der Waals surface area contributed by atoms with Crippen LogP contribution in [-0.2, 0) is 10.0 Å². The normalized spacial score (nSPS) is 18.7. The van der Waals surface area contributed by atoms with E-state index in [0.29, 0.717) is 16.5 Å². The SMILES string of the molecule is COc1cc(N2C(=S)NC(c3ccccn3)C2c2cc(Br)cs2)ccc1NS(C)(=O)=O. The average molecular weight is 540 g/mol. The number of aromatic nitrogens is 1. The highest BCUT2D eigenvalue weighted by Crippen LogP contribution is 2.45. The predicted molar refractivity (Wildman–Crippen MR) is 131 cm³/mol. The van der Waals surface area contributed by atoms with Crippen molar-refractivity contribution in [3.63, 3.8) is 0 Å². The van der Waals surface area contributed by atoms with Crippen LogP contribution in [0.2, 0.25) is 0 Å². The summed E-state index contributed by atoms with van der Waals surface area (Å²) in [5.41, 5.74) is 2.02. The van der Waals surface area contributed by atoms with Crippen molar-refractivity contribution in [2.45, 2.75) is 12.1 Å². The lowest BCUT2D eigenvalue weighted by atomic mass is 10.0. The Balaban J connectivity index is 1.79. The van der Waals surface area contributed by atoms with Crippen molar-refractivity contribution in [3.8, 4) is 5.75 Å². The molecule has 7 nitrogen and oxygen atoms in total. The first-order valence-electron chi connectivity index (χ1n) is 9.17. The molecule has 1 saturated heterocycles. The number of ether oxygens (including phenoxy) is 1. The van der Waals surface area contributed by atoms with Gasteiger partial charge in [-0.3, -0.25) is 9.71 Å². The summed E-state index contributed by atoms with van der Waals surface area (Å²) in [5.74, 6) is 0.401. The second-order valence-corrected chi connectivity index (χ2v) is 10.9. The molecule has 2 atom stereocenters. The van der Waals surface area contributed by atoms with Crippen LogP contribution in [0.4, 0.5) is 11.4 Å². The standard InChI is InChI=1S/C20H19BrN4O3S3/c1-28-16-10-13(6-7-14(16)24-31(2,26)27)25-19(17-9-12(21)11-30-17)18(23-20(25)29)15-5-3-4-8-22-15/h3-11,18-19,24H,1-2H3,(H,23,29). The number of nitrogens with zero attached hydrogens (tertiary/aromatic N) is 2. The molecule has 2 aromatic heterocycles. The van der Waals surface area contributed by atoms with Gasteiger partial charge in [-0.1, -0.05) is 6.07 Å². The number of thiocarbonyl (C=S) groups is 1. The van der Waals surface area contributed by atoms with Crippen LogP contribution in [0.3, 0.4) is 0 Å². The van der Waals surface area contributed by atoms with Crippen molar-refractivity contribution in [2.24, 2.45) is 0 Å². The second-order valence-electron chi connectivity index (χ2n) is 6.92. The lowest BCUT2D eigenvalue weighted by molar-refractivity contribution is 0.417. The minimum Gasteiger partial charge on any atom is -0.494 e. The zero-order valence-electron chi connectivity index (χ0n) is 16.6. The molecular formula is C20H19BrN4O3S3. The van der Waals surface area contributed by atoms with E-state index in [9.17, 15) is 8.42 Å². The third-order valence-corrected chi connectivity index (χ3v) is 7.41. The van der Waals surface area contributed by atoms with Crippen molar-refractivity contribution in [3.05, 3.63) is 69.1 Å². The van der Waals surface area contributed by atoms with Crippen molar-refractivity contribution in [1.82, 2.24) is 10.3 Å².